The van der Waals surface area contributed by atoms with E-state index < -0.39 is 0 Å². The summed E-state index contributed by atoms with van der Waals surface area (Å²) in [6.07, 6.45) is 10.2. The van der Waals surface area contributed by atoms with E-state index in [-0.39, 0.29) is 0 Å². The monoisotopic (exact) mass is 354 g/mol. The standard InChI is InChI=1S/C20H19ClN2S/c21-19-9-6-18(7-10-19)15-24-20(14-23-13-12-22-16-23)11-8-17-4-2-1-3-5-17/h1-13,16,20H,14-15H2/b11-8+. The second-order valence-electron chi connectivity index (χ2n) is 5.51. The van der Waals surface area contributed by atoms with Crippen molar-refractivity contribution in [3.8, 4) is 0 Å². The van der Waals surface area contributed by atoms with E-state index in [9.17, 15) is 0 Å². The minimum absolute atomic E-state index is 0.370. The van der Waals surface area contributed by atoms with Crippen LogP contribution in [0.4, 0.5) is 0 Å². The van der Waals surface area contributed by atoms with Gasteiger partial charge in [-0.3, -0.25) is 0 Å². The summed E-state index contributed by atoms with van der Waals surface area (Å²) in [4.78, 5) is 4.14. The summed E-state index contributed by atoms with van der Waals surface area (Å²) in [5, 5.41) is 1.15. The van der Waals surface area contributed by atoms with Crippen LogP contribution in [0.3, 0.4) is 0 Å². The SMILES string of the molecule is Clc1ccc(CSC(/C=C/c2ccccc2)Cn2ccnc2)cc1. The van der Waals surface area contributed by atoms with Crippen molar-refractivity contribution in [3.05, 3.63) is 95.5 Å². The van der Waals surface area contributed by atoms with Gasteiger partial charge in [0.25, 0.3) is 0 Å². The molecule has 0 fully saturated rings. The first kappa shape index (κ1) is 16.9. The molecule has 0 amide bonds. The van der Waals surface area contributed by atoms with Gasteiger partial charge in [0.2, 0.25) is 0 Å². The largest absolute Gasteiger partial charge is 0.336 e. The zero-order chi connectivity index (χ0) is 16.6. The molecule has 0 radical (unpaired) electrons. The van der Waals surface area contributed by atoms with Crippen molar-refractivity contribution in [1.82, 2.24) is 9.55 Å². The van der Waals surface area contributed by atoms with Crippen LogP contribution < -0.4 is 0 Å². The maximum absolute atomic E-state index is 5.96. The highest BCUT2D eigenvalue weighted by Crippen LogP contribution is 2.22. The molecule has 0 N–H and O–H groups in total. The molecule has 1 aromatic heterocycles. The number of benzene rings is 2. The van der Waals surface area contributed by atoms with Gasteiger partial charge < -0.3 is 4.57 Å². The number of aromatic nitrogens is 2. The Morgan fingerprint density at radius 3 is 2.58 bits per heavy atom. The molecule has 2 nitrogen and oxygen atoms in total. The van der Waals surface area contributed by atoms with E-state index in [0.29, 0.717) is 5.25 Å². The van der Waals surface area contributed by atoms with Crippen LogP contribution in [0.1, 0.15) is 11.1 Å². The Labute approximate surface area is 152 Å². The number of halogens is 1. The third-order valence-corrected chi connectivity index (χ3v) is 5.12. The average molecular weight is 355 g/mol. The highest BCUT2D eigenvalue weighted by molar-refractivity contribution is 7.99. The maximum Gasteiger partial charge on any atom is 0.0946 e. The Bertz CT molecular complexity index is 752. The van der Waals surface area contributed by atoms with Gasteiger partial charge in [-0.05, 0) is 23.3 Å². The predicted molar refractivity (Wildman–Crippen MR) is 104 cm³/mol. The van der Waals surface area contributed by atoms with Crippen molar-refractivity contribution in [1.29, 1.82) is 0 Å². The van der Waals surface area contributed by atoms with Gasteiger partial charge in [-0.1, -0.05) is 66.2 Å². The molecule has 1 atom stereocenters. The number of hydrogen-bond acceptors (Lipinski definition) is 2. The summed E-state index contributed by atoms with van der Waals surface area (Å²) in [5.41, 5.74) is 2.51. The molecule has 0 aliphatic rings. The Morgan fingerprint density at radius 1 is 1.08 bits per heavy atom. The maximum atomic E-state index is 5.96. The topological polar surface area (TPSA) is 17.8 Å². The third-order valence-electron chi connectivity index (χ3n) is 3.63. The fraction of sp³-hybridized carbons (Fsp3) is 0.150. The molecular weight excluding hydrogens is 336 g/mol. The van der Waals surface area contributed by atoms with Crippen LogP contribution in [-0.2, 0) is 12.3 Å². The molecule has 3 rings (SSSR count). The van der Waals surface area contributed by atoms with Crippen LogP contribution in [0.15, 0.2) is 79.4 Å². The van der Waals surface area contributed by atoms with Gasteiger partial charge in [-0.25, -0.2) is 4.98 Å². The lowest BCUT2D eigenvalue weighted by Crippen LogP contribution is -2.09. The van der Waals surface area contributed by atoms with E-state index in [1.165, 1.54) is 11.1 Å². The zero-order valence-corrected chi connectivity index (χ0v) is 14.8. The molecular formula is C20H19ClN2S. The van der Waals surface area contributed by atoms with E-state index in [1.807, 2.05) is 48.7 Å². The molecule has 0 bridgehead atoms. The van der Waals surface area contributed by atoms with Crippen molar-refractivity contribution < 1.29 is 0 Å². The molecule has 0 spiro atoms. The Kier molecular flexibility index (Phi) is 6.16. The molecule has 2 aromatic carbocycles. The molecule has 0 saturated carbocycles. The van der Waals surface area contributed by atoms with Crippen LogP contribution >= 0.6 is 23.4 Å². The molecule has 24 heavy (non-hydrogen) atoms. The lowest BCUT2D eigenvalue weighted by atomic mass is 10.2. The molecule has 0 saturated heterocycles. The van der Waals surface area contributed by atoms with Crippen LogP contribution in [0.5, 0.6) is 0 Å². The van der Waals surface area contributed by atoms with Crippen molar-refractivity contribution in [2.75, 3.05) is 0 Å². The normalized spacial score (nSPS) is 12.5. The first-order valence-corrected chi connectivity index (χ1v) is 9.27. The minimum Gasteiger partial charge on any atom is -0.336 e. The summed E-state index contributed by atoms with van der Waals surface area (Å²) in [6, 6.07) is 18.5. The van der Waals surface area contributed by atoms with Crippen molar-refractivity contribution in [2.45, 2.75) is 17.5 Å². The van der Waals surface area contributed by atoms with Gasteiger partial charge in [-0.2, -0.15) is 0 Å². The van der Waals surface area contributed by atoms with Gasteiger partial charge in [0.1, 0.15) is 0 Å². The van der Waals surface area contributed by atoms with Crippen LogP contribution in [0.2, 0.25) is 5.02 Å². The summed E-state index contributed by atoms with van der Waals surface area (Å²) >= 11 is 7.88. The highest BCUT2D eigenvalue weighted by atomic mass is 35.5. The molecule has 1 heterocycles. The van der Waals surface area contributed by atoms with E-state index in [4.69, 9.17) is 11.6 Å². The minimum atomic E-state index is 0.370. The summed E-state index contributed by atoms with van der Waals surface area (Å²) in [5.74, 6) is 0.954. The van der Waals surface area contributed by atoms with Crippen LogP contribution in [-0.4, -0.2) is 14.8 Å². The van der Waals surface area contributed by atoms with Crippen LogP contribution in [0.25, 0.3) is 6.08 Å². The zero-order valence-electron chi connectivity index (χ0n) is 13.3. The van der Waals surface area contributed by atoms with Gasteiger partial charge in [-0.15, -0.1) is 11.8 Å². The molecule has 3 aromatic rings. The Hall–Kier alpha value is -1.97. The lowest BCUT2D eigenvalue weighted by Gasteiger charge is -2.13. The first-order valence-electron chi connectivity index (χ1n) is 7.84. The van der Waals surface area contributed by atoms with Crippen molar-refractivity contribution in [2.24, 2.45) is 0 Å². The second kappa shape index (κ2) is 8.76. The van der Waals surface area contributed by atoms with Gasteiger partial charge in [0.05, 0.1) is 6.33 Å². The fourth-order valence-electron chi connectivity index (χ4n) is 2.34. The first-order chi connectivity index (χ1) is 11.8. The molecule has 122 valence electrons. The molecule has 1 unspecified atom stereocenters. The quantitative estimate of drug-likeness (QED) is 0.553. The summed E-state index contributed by atoms with van der Waals surface area (Å²) < 4.78 is 2.12. The van der Waals surface area contributed by atoms with Gasteiger partial charge >= 0.3 is 0 Å². The third kappa shape index (κ3) is 5.29. The van der Waals surface area contributed by atoms with Gasteiger partial charge in [0.15, 0.2) is 0 Å². The summed E-state index contributed by atoms with van der Waals surface area (Å²) in [6.45, 7) is 0.904. The number of hydrogen-bond donors (Lipinski definition) is 0. The second-order valence-corrected chi connectivity index (χ2v) is 7.17. The predicted octanol–water partition coefficient (Wildman–Crippen LogP) is 5.55. The number of rotatable bonds is 7. The number of thioether (sulfide) groups is 1. The van der Waals surface area contributed by atoms with E-state index in [2.05, 4.69) is 58.1 Å². The van der Waals surface area contributed by atoms with Crippen LogP contribution in [0, 0.1) is 0 Å². The van der Waals surface area contributed by atoms with E-state index >= 15 is 0 Å². The number of nitrogens with zero attached hydrogens (tertiary/aromatic N) is 2. The molecule has 0 aliphatic heterocycles. The Morgan fingerprint density at radius 2 is 1.88 bits per heavy atom. The number of imidazole rings is 1. The smallest absolute Gasteiger partial charge is 0.0946 e. The Balaban J connectivity index is 1.67. The van der Waals surface area contributed by atoms with E-state index in [1.54, 1.807) is 0 Å². The van der Waals surface area contributed by atoms with Gasteiger partial charge in [0, 0.05) is 35.0 Å². The molecule has 4 heteroatoms. The highest BCUT2D eigenvalue weighted by Gasteiger charge is 2.07. The van der Waals surface area contributed by atoms with Crippen molar-refractivity contribution >= 4 is 29.4 Å². The fourth-order valence-corrected chi connectivity index (χ4v) is 3.53. The van der Waals surface area contributed by atoms with E-state index in [0.717, 1.165) is 17.3 Å². The average Bonchev–Trinajstić information content (AvgIpc) is 3.13. The molecule has 0 aliphatic carbocycles. The summed E-state index contributed by atoms with van der Waals surface area (Å²) in [7, 11) is 0. The lowest BCUT2D eigenvalue weighted by molar-refractivity contribution is 0.720. The van der Waals surface area contributed by atoms with Crippen molar-refractivity contribution in [3.63, 3.8) is 0 Å².